The minimum absolute atomic E-state index is 0.0409. The van der Waals surface area contributed by atoms with Gasteiger partial charge in [0.1, 0.15) is 5.82 Å². The van der Waals surface area contributed by atoms with Crippen molar-refractivity contribution in [1.29, 1.82) is 0 Å². The summed E-state index contributed by atoms with van der Waals surface area (Å²) in [5.74, 6) is -0.659. The number of hydrogen-bond donors (Lipinski definition) is 2. The predicted molar refractivity (Wildman–Crippen MR) is 97.2 cm³/mol. The van der Waals surface area contributed by atoms with Crippen LogP contribution in [0.1, 0.15) is 36.9 Å². The lowest BCUT2D eigenvalue weighted by atomic mass is 9.97. The minimum Gasteiger partial charge on any atom is -0.358 e. The number of nitrogens with zero attached hydrogens (tertiary/aromatic N) is 1. The Labute approximate surface area is 151 Å². The van der Waals surface area contributed by atoms with Gasteiger partial charge in [-0.1, -0.05) is 0 Å². The van der Waals surface area contributed by atoms with Gasteiger partial charge in [-0.25, -0.2) is 4.39 Å². The predicted octanol–water partition coefficient (Wildman–Crippen LogP) is 2.68. The monoisotopic (exact) mass is 357 g/mol. The molecule has 1 saturated heterocycles. The fourth-order valence-electron chi connectivity index (χ4n) is 3.92. The van der Waals surface area contributed by atoms with E-state index in [1.54, 1.807) is 6.07 Å². The molecule has 1 unspecified atom stereocenters. The highest BCUT2D eigenvalue weighted by Crippen LogP contribution is 2.31. The van der Waals surface area contributed by atoms with Crippen molar-refractivity contribution in [3.63, 3.8) is 0 Å². The van der Waals surface area contributed by atoms with Crippen molar-refractivity contribution in [2.45, 2.75) is 45.1 Å². The second kappa shape index (κ2) is 6.83. The van der Waals surface area contributed by atoms with Gasteiger partial charge in [0.15, 0.2) is 0 Å². The number of piperidine rings is 1. The third-order valence-electron chi connectivity index (χ3n) is 5.47. The molecule has 2 fully saturated rings. The number of amides is 2. The molecule has 1 aliphatic carbocycles. The van der Waals surface area contributed by atoms with Crippen LogP contribution in [0, 0.1) is 18.7 Å². The van der Waals surface area contributed by atoms with Gasteiger partial charge in [0.05, 0.1) is 12.3 Å². The number of imide groups is 1. The average molecular weight is 357 g/mol. The Bertz CT molecular complexity index is 850. The summed E-state index contributed by atoms with van der Waals surface area (Å²) < 4.78 is 13.7. The van der Waals surface area contributed by atoms with Gasteiger partial charge in [-0.15, -0.1) is 0 Å². The molecule has 1 atom stereocenters. The maximum Gasteiger partial charge on any atom is 0.233 e. The van der Waals surface area contributed by atoms with Crippen LogP contribution in [0.2, 0.25) is 0 Å². The summed E-state index contributed by atoms with van der Waals surface area (Å²) in [5.41, 5.74) is 2.44. The molecule has 1 aliphatic heterocycles. The van der Waals surface area contributed by atoms with Crippen molar-refractivity contribution in [3.05, 3.63) is 35.3 Å². The third-order valence-corrected chi connectivity index (χ3v) is 5.47. The van der Waals surface area contributed by atoms with Gasteiger partial charge in [-0.3, -0.25) is 14.5 Å². The Morgan fingerprint density at radius 3 is 2.77 bits per heavy atom. The Kier molecular flexibility index (Phi) is 4.53. The van der Waals surface area contributed by atoms with Gasteiger partial charge in [0.25, 0.3) is 0 Å². The standard InChI is InChI=1S/C20H24FN3O2/c1-12-16(17-9-14(21)4-7-18(17)23-12)10-19(25)24(15-5-6-15)20(26)13-3-2-8-22-11-13/h4,7,9,13,15,22-23H,2-3,5-6,8,10-11H2,1H3. The highest BCUT2D eigenvalue weighted by atomic mass is 19.1. The van der Waals surface area contributed by atoms with E-state index in [4.69, 9.17) is 0 Å². The number of H-pyrrole nitrogens is 1. The fourth-order valence-corrected chi connectivity index (χ4v) is 3.92. The topological polar surface area (TPSA) is 65.2 Å². The zero-order chi connectivity index (χ0) is 18.3. The van der Waals surface area contributed by atoms with E-state index in [0.717, 1.165) is 54.4 Å². The van der Waals surface area contributed by atoms with Gasteiger partial charge in [-0.2, -0.15) is 0 Å². The summed E-state index contributed by atoms with van der Waals surface area (Å²) in [7, 11) is 0. The van der Waals surface area contributed by atoms with Crippen LogP contribution in [-0.2, 0) is 16.0 Å². The summed E-state index contributed by atoms with van der Waals surface area (Å²) >= 11 is 0. The molecule has 2 aliphatic rings. The molecule has 2 amide bonds. The smallest absolute Gasteiger partial charge is 0.233 e. The molecule has 0 radical (unpaired) electrons. The number of nitrogens with one attached hydrogen (secondary N) is 2. The Morgan fingerprint density at radius 1 is 1.27 bits per heavy atom. The molecule has 1 aromatic heterocycles. The molecule has 0 bridgehead atoms. The number of carbonyl (C=O) groups is 2. The number of hydrogen-bond acceptors (Lipinski definition) is 3. The highest BCUT2D eigenvalue weighted by Gasteiger charge is 2.40. The number of halogens is 1. The van der Waals surface area contributed by atoms with Crippen LogP contribution in [0.15, 0.2) is 18.2 Å². The van der Waals surface area contributed by atoms with Crippen LogP contribution >= 0.6 is 0 Å². The van der Waals surface area contributed by atoms with E-state index in [1.807, 2.05) is 6.92 Å². The van der Waals surface area contributed by atoms with Crippen LogP contribution in [-0.4, -0.2) is 40.8 Å². The van der Waals surface area contributed by atoms with E-state index in [1.165, 1.54) is 17.0 Å². The number of aryl methyl sites for hydroxylation is 1. The molecule has 2 N–H and O–H groups in total. The molecule has 4 rings (SSSR count). The van der Waals surface area contributed by atoms with Crippen molar-refractivity contribution in [1.82, 2.24) is 15.2 Å². The first-order valence-corrected chi connectivity index (χ1v) is 9.38. The zero-order valence-corrected chi connectivity index (χ0v) is 15.0. The SMILES string of the molecule is Cc1[nH]c2ccc(F)cc2c1CC(=O)N(C(=O)C1CCCNC1)C1CC1. The van der Waals surface area contributed by atoms with Gasteiger partial charge in [0, 0.05) is 29.2 Å². The quantitative estimate of drug-likeness (QED) is 0.884. The Hall–Kier alpha value is -2.21. The van der Waals surface area contributed by atoms with Crippen molar-refractivity contribution in [2.24, 2.45) is 5.92 Å². The number of rotatable bonds is 4. The molecular weight excluding hydrogens is 333 g/mol. The van der Waals surface area contributed by atoms with Crippen LogP contribution in [0.4, 0.5) is 4.39 Å². The first-order valence-electron chi connectivity index (χ1n) is 9.38. The molecule has 5 nitrogen and oxygen atoms in total. The van der Waals surface area contributed by atoms with Gasteiger partial charge < -0.3 is 10.3 Å². The lowest BCUT2D eigenvalue weighted by Crippen LogP contribution is -2.47. The van der Waals surface area contributed by atoms with Gasteiger partial charge in [-0.05, 0) is 62.9 Å². The van der Waals surface area contributed by atoms with E-state index >= 15 is 0 Å². The van der Waals surface area contributed by atoms with Crippen molar-refractivity contribution >= 4 is 22.7 Å². The van der Waals surface area contributed by atoms with Gasteiger partial charge in [0.2, 0.25) is 11.8 Å². The summed E-state index contributed by atoms with van der Waals surface area (Å²) in [6.45, 7) is 3.46. The maximum atomic E-state index is 13.7. The van der Waals surface area contributed by atoms with Crippen molar-refractivity contribution in [2.75, 3.05) is 13.1 Å². The molecule has 138 valence electrons. The van der Waals surface area contributed by atoms with E-state index in [0.29, 0.717) is 6.54 Å². The molecule has 6 heteroatoms. The number of fused-ring (bicyclic) bond motifs is 1. The Balaban J connectivity index is 1.58. The molecule has 1 aromatic carbocycles. The second-order valence-corrected chi connectivity index (χ2v) is 7.47. The third kappa shape index (κ3) is 3.26. The van der Waals surface area contributed by atoms with Crippen LogP contribution < -0.4 is 5.32 Å². The largest absolute Gasteiger partial charge is 0.358 e. The zero-order valence-electron chi connectivity index (χ0n) is 15.0. The van der Waals surface area contributed by atoms with Crippen LogP contribution in [0.5, 0.6) is 0 Å². The average Bonchev–Trinajstić information content (AvgIpc) is 3.42. The van der Waals surface area contributed by atoms with Crippen molar-refractivity contribution < 1.29 is 14.0 Å². The van der Waals surface area contributed by atoms with E-state index in [2.05, 4.69) is 10.3 Å². The maximum absolute atomic E-state index is 13.7. The highest BCUT2D eigenvalue weighted by molar-refractivity contribution is 6.00. The summed E-state index contributed by atoms with van der Waals surface area (Å²) in [6, 6.07) is 4.58. The second-order valence-electron chi connectivity index (χ2n) is 7.47. The first kappa shape index (κ1) is 17.2. The van der Waals surface area contributed by atoms with Crippen LogP contribution in [0.3, 0.4) is 0 Å². The molecule has 1 saturated carbocycles. The fraction of sp³-hybridized carbons (Fsp3) is 0.500. The molecule has 0 spiro atoms. The summed E-state index contributed by atoms with van der Waals surface area (Å²) in [6.07, 6.45) is 3.69. The number of benzene rings is 1. The normalized spacial score (nSPS) is 20.3. The van der Waals surface area contributed by atoms with Crippen molar-refractivity contribution in [3.8, 4) is 0 Å². The van der Waals surface area contributed by atoms with E-state index < -0.39 is 0 Å². The molecule has 26 heavy (non-hydrogen) atoms. The molecule has 2 heterocycles. The number of aromatic nitrogens is 1. The summed E-state index contributed by atoms with van der Waals surface area (Å²) in [5, 5.41) is 3.97. The van der Waals surface area contributed by atoms with Gasteiger partial charge >= 0.3 is 0 Å². The van der Waals surface area contributed by atoms with E-state index in [9.17, 15) is 14.0 Å². The first-order chi connectivity index (χ1) is 12.5. The lowest BCUT2D eigenvalue weighted by molar-refractivity contribution is -0.148. The Morgan fingerprint density at radius 2 is 2.08 bits per heavy atom. The minimum atomic E-state index is -0.325. The number of carbonyl (C=O) groups excluding carboxylic acids is 2. The lowest BCUT2D eigenvalue weighted by Gasteiger charge is -2.28. The molecule has 2 aromatic rings. The van der Waals surface area contributed by atoms with E-state index in [-0.39, 0.29) is 36.0 Å². The summed E-state index contributed by atoms with van der Waals surface area (Å²) in [4.78, 5) is 30.7. The van der Waals surface area contributed by atoms with Crippen LogP contribution in [0.25, 0.3) is 10.9 Å². The number of aromatic amines is 1. The molecular formula is C20H24FN3O2.